The fraction of sp³-hybridized carbons (Fsp3) is 0.0444. The summed E-state index contributed by atoms with van der Waals surface area (Å²) < 4.78 is 2.48. The van der Waals surface area contributed by atoms with E-state index in [0.717, 1.165) is 22.6 Å². The van der Waals surface area contributed by atoms with Crippen molar-refractivity contribution in [1.29, 1.82) is 0 Å². The maximum absolute atomic E-state index is 5.26. The van der Waals surface area contributed by atoms with Crippen molar-refractivity contribution in [1.82, 2.24) is 15.2 Å². The van der Waals surface area contributed by atoms with Crippen LogP contribution in [-0.4, -0.2) is 10.4 Å². The molecule has 2 atom stereocenters. The number of benzene rings is 8. The Morgan fingerprint density at radius 1 is 0.490 bits per heavy atom. The van der Waals surface area contributed by atoms with Crippen LogP contribution in [0.1, 0.15) is 29.0 Å². The zero-order valence-corrected chi connectivity index (χ0v) is 26.7. The lowest BCUT2D eigenvalue weighted by Crippen LogP contribution is -2.44. The van der Waals surface area contributed by atoms with Crippen molar-refractivity contribution in [2.75, 3.05) is 0 Å². The van der Waals surface area contributed by atoms with Crippen LogP contribution in [0.3, 0.4) is 0 Å². The lowest BCUT2D eigenvalue weighted by Gasteiger charge is -2.32. The van der Waals surface area contributed by atoms with E-state index in [1.54, 1.807) is 0 Å². The monoisotopic (exact) mass is 628 g/mol. The first kappa shape index (κ1) is 27.8. The summed E-state index contributed by atoms with van der Waals surface area (Å²) in [5, 5.41) is 17.5. The van der Waals surface area contributed by atoms with E-state index in [1.807, 2.05) is 6.07 Å². The van der Waals surface area contributed by atoms with Gasteiger partial charge < -0.3 is 9.88 Å². The fourth-order valence-corrected chi connectivity index (χ4v) is 7.75. The molecule has 0 radical (unpaired) electrons. The number of rotatable bonds is 4. The summed E-state index contributed by atoms with van der Waals surface area (Å²) in [6.07, 6.45) is -0.356. The molecule has 0 saturated carbocycles. The van der Waals surface area contributed by atoms with Gasteiger partial charge in [-0.3, -0.25) is 5.32 Å². The average molecular weight is 629 g/mol. The summed E-state index contributed by atoms with van der Waals surface area (Å²) >= 11 is 0. The van der Waals surface area contributed by atoms with Crippen LogP contribution < -0.4 is 10.6 Å². The number of hydrogen-bond donors (Lipinski definition) is 2. The molecule has 4 heteroatoms. The number of hydrogen-bond acceptors (Lipinski definition) is 3. The van der Waals surface area contributed by atoms with E-state index in [1.165, 1.54) is 59.7 Å². The molecule has 0 amide bonds. The Labute approximate surface area is 284 Å². The van der Waals surface area contributed by atoms with E-state index in [0.29, 0.717) is 0 Å². The van der Waals surface area contributed by atoms with Crippen LogP contribution >= 0.6 is 0 Å². The van der Waals surface area contributed by atoms with Crippen molar-refractivity contribution in [3.8, 4) is 5.69 Å². The van der Waals surface area contributed by atoms with E-state index < -0.39 is 0 Å². The van der Waals surface area contributed by atoms with E-state index in [-0.39, 0.29) is 12.3 Å². The molecule has 232 valence electrons. The predicted molar refractivity (Wildman–Crippen MR) is 204 cm³/mol. The molecule has 2 heterocycles. The van der Waals surface area contributed by atoms with Crippen molar-refractivity contribution in [3.05, 3.63) is 187 Å². The predicted octanol–water partition coefficient (Wildman–Crippen LogP) is 10.6. The van der Waals surface area contributed by atoms with Crippen molar-refractivity contribution in [2.45, 2.75) is 12.3 Å². The van der Waals surface area contributed by atoms with Gasteiger partial charge >= 0.3 is 0 Å². The van der Waals surface area contributed by atoms with E-state index in [9.17, 15) is 0 Å². The highest BCUT2D eigenvalue weighted by molar-refractivity contribution is 6.32. The maximum Gasteiger partial charge on any atom is 0.131 e. The molecule has 0 spiro atoms. The standard InChI is InChI=1S/C45H32N4/c1-3-14-29(15-4-1)43-46-44(30-16-5-2-6-17-30)48-45(47-43)33-20-13-21-34(26-33)49-40-28-32-19-8-7-18-31(32)27-39(40)41-37-24-11-9-22-35(37)36-23-10-12-25-38(36)42(41)49/h1-28,43,45,47H,(H,46,48). The Morgan fingerprint density at radius 3 is 1.88 bits per heavy atom. The van der Waals surface area contributed by atoms with Crippen LogP contribution in [-0.2, 0) is 0 Å². The second kappa shape index (κ2) is 11.2. The molecule has 0 aliphatic carbocycles. The van der Waals surface area contributed by atoms with Gasteiger partial charge in [-0.25, -0.2) is 4.99 Å². The SMILES string of the molecule is c1ccc(C2=NC(c3cccc(-n4c5cc6ccccc6cc5c5c6ccccc6c6ccccc6c54)c3)NC(c3ccccc3)N2)cc1. The molecule has 10 rings (SSSR count). The third kappa shape index (κ3) is 4.53. The number of aliphatic imine (C=N–C) groups is 1. The highest BCUT2D eigenvalue weighted by Crippen LogP contribution is 2.43. The third-order valence-corrected chi connectivity index (χ3v) is 9.99. The van der Waals surface area contributed by atoms with Crippen LogP contribution in [0, 0.1) is 0 Å². The Balaban J connectivity index is 1.24. The smallest absolute Gasteiger partial charge is 0.131 e. The van der Waals surface area contributed by atoms with Gasteiger partial charge in [0.1, 0.15) is 18.2 Å². The van der Waals surface area contributed by atoms with Gasteiger partial charge in [0, 0.05) is 27.4 Å². The minimum Gasteiger partial charge on any atom is -0.350 e. The molecule has 4 nitrogen and oxygen atoms in total. The second-order valence-electron chi connectivity index (χ2n) is 12.9. The summed E-state index contributed by atoms with van der Waals surface area (Å²) in [7, 11) is 0. The van der Waals surface area contributed by atoms with Gasteiger partial charge in [0.25, 0.3) is 0 Å². The lowest BCUT2D eigenvalue weighted by atomic mass is 9.96. The van der Waals surface area contributed by atoms with E-state index in [2.05, 4.69) is 179 Å². The number of nitrogens with one attached hydrogen (secondary N) is 2. The average Bonchev–Trinajstić information content (AvgIpc) is 3.52. The van der Waals surface area contributed by atoms with Gasteiger partial charge in [0.2, 0.25) is 0 Å². The van der Waals surface area contributed by atoms with Crippen LogP contribution in [0.2, 0.25) is 0 Å². The molecular formula is C45H32N4. The molecule has 0 saturated heterocycles. The second-order valence-corrected chi connectivity index (χ2v) is 12.9. The molecule has 2 unspecified atom stereocenters. The minimum absolute atomic E-state index is 0.0996. The van der Waals surface area contributed by atoms with Crippen LogP contribution in [0.5, 0.6) is 0 Å². The summed E-state index contributed by atoms with van der Waals surface area (Å²) in [6, 6.07) is 61.0. The third-order valence-electron chi connectivity index (χ3n) is 9.99. The zero-order chi connectivity index (χ0) is 32.3. The van der Waals surface area contributed by atoms with Crippen molar-refractivity contribution in [2.24, 2.45) is 4.99 Å². The summed E-state index contributed by atoms with van der Waals surface area (Å²) in [5.74, 6) is 0.879. The Kier molecular flexibility index (Phi) is 6.36. The first-order valence-electron chi connectivity index (χ1n) is 16.9. The number of fused-ring (bicyclic) bond motifs is 9. The fourth-order valence-electron chi connectivity index (χ4n) is 7.75. The van der Waals surface area contributed by atoms with Gasteiger partial charge in [-0.15, -0.1) is 0 Å². The molecule has 9 aromatic rings. The zero-order valence-electron chi connectivity index (χ0n) is 26.7. The first-order valence-corrected chi connectivity index (χ1v) is 16.9. The van der Waals surface area contributed by atoms with E-state index in [4.69, 9.17) is 4.99 Å². The molecule has 0 bridgehead atoms. The Bertz CT molecular complexity index is 2730. The highest BCUT2D eigenvalue weighted by Gasteiger charge is 2.26. The van der Waals surface area contributed by atoms with Gasteiger partial charge in [-0.1, -0.05) is 146 Å². The number of nitrogens with zero attached hydrogens (tertiary/aromatic N) is 2. The van der Waals surface area contributed by atoms with Crippen molar-refractivity contribution in [3.63, 3.8) is 0 Å². The Hall–Kier alpha value is -6.23. The lowest BCUT2D eigenvalue weighted by molar-refractivity contribution is 0.409. The highest BCUT2D eigenvalue weighted by atomic mass is 15.3. The minimum atomic E-state index is -0.256. The molecule has 1 aliphatic heterocycles. The summed E-state index contributed by atoms with van der Waals surface area (Å²) in [4.78, 5) is 5.26. The van der Waals surface area contributed by atoms with Gasteiger partial charge in [0.05, 0.1) is 11.0 Å². The molecule has 2 N–H and O–H groups in total. The van der Waals surface area contributed by atoms with Gasteiger partial charge in [-0.2, -0.15) is 0 Å². The molecule has 1 aliphatic rings. The largest absolute Gasteiger partial charge is 0.350 e. The van der Waals surface area contributed by atoms with Crippen LogP contribution in [0.15, 0.2) is 175 Å². The first-order chi connectivity index (χ1) is 24.3. The molecule has 8 aromatic carbocycles. The van der Waals surface area contributed by atoms with Crippen LogP contribution in [0.25, 0.3) is 59.8 Å². The van der Waals surface area contributed by atoms with Crippen molar-refractivity contribution >= 4 is 60.0 Å². The number of amidine groups is 1. The maximum atomic E-state index is 5.26. The quantitative estimate of drug-likeness (QED) is 0.190. The molecule has 49 heavy (non-hydrogen) atoms. The topological polar surface area (TPSA) is 41.4 Å². The number of aromatic nitrogens is 1. The molecule has 0 fully saturated rings. The molecular weight excluding hydrogens is 597 g/mol. The van der Waals surface area contributed by atoms with E-state index >= 15 is 0 Å². The summed E-state index contributed by atoms with van der Waals surface area (Å²) in [5.41, 5.74) is 6.88. The summed E-state index contributed by atoms with van der Waals surface area (Å²) in [6.45, 7) is 0. The molecule has 1 aromatic heterocycles. The Morgan fingerprint density at radius 2 is 1.10 bits per heavy atom. The van der Waals surface area contributed by atoms with Crippen LogP contribution in [0.4, 0.5) is 0 Å². The van der Waals surface area contributed by atoms with Crippen molar-refractivity contribution < 1.29 is 0 Å². The normalized spacial score (nSPS) is 16.4. The van der Waals surface area contributed by atoms with Gasteiger partial charge in [-0.05, 0) is 62.3 Å². The van der Waals surface area contributed by atoms with Gasteiger partial charge in [0.15, 0.2) is 0 Å².